The van der Waals surface area contributed by atoms with Crippen LogP contribution in [0.3, 0.4) is 0 Å². The summed E-state index contributed by atoms with van der Waals surface area (Å²) in [6.07, 6.45) is -3.50. The first-order chi connectivity index (χ1) is 17.5. The van der Waals surface area contributed by atoms with Crippen LogP contribution in [0.25, 0.3) is 11.1 Å². The summed E-state index contributed by atoms with van der Waals surface area (Å²) >= 11 is 0. The minimum atomic E-state index is -4.73. The maximum absolute atomic E-state index is 14.8. The van der Waals surface area contributed by atoms with E-state index in [1.54, 1.807) is 0 Å². The Morgan fingerprint density at radius 1 is 0.784 bits per heavy atom. The zero-order chi connectivity index (χ0) is 27.5. The van der Waals surface area contributed by atoms with E-state index in [1.165, 1.54) is 12.1 Å². The zero-order valence-electron chi connectivity index (χ0n) is 20.2. The van der Waals surface area contributed by atoms with Crippen LogP contribution in [0.1, 0.15) is 50.8 Å². The summed E-state index contributed by atoms with van der Waals surface area (Å²) in [5, 5.41) is 0. The van der Waals surface area contributed by atoms with Gasteiger partial charge < -0.3 is 9.47 Å². The Hall–Kier alpha value is -3.14. The molecule has 0 bridgehead atoms. The molecule has 0 amide bonds. The largest absolute Gasteiger partial charge is 0.432 e. The summed E-state index contributed by atoms with van der Waals surface area (Å²) in [7, 11) is 0. The topological polar surface area (TPSA) is 18.5 Å². The first-order valence-corrected chi connectivity index (χ1v) is 11.6. The molecule has 0 N–H and O–H groups in total. The zero-order valence-corrected chi connectivity index (χ0v) is 20.2. The summed E-state index contributed by atoms with van der Waals surface area (Å²) < 4.78 is 122. The molecule has 200 valence electrons. The van der Waals surface area contributed by atoms with Crippen molar-refractivity contribution in [3.63, 3.8) is 0 Å². The molecule has 1 saturated heterocycles. The second-order valence-electron chi connectivity index (χ2n) is 8.38. The molecule has 2 atom stereocenters. The van der Waals surface area contributed by atoms with Crippen molar-refractivity contribution in [2.75, 3.05) is 6.61 Å². The van der Waals surface area contributed by atoms with E-state index < -0.39 is 52.3 Å². The maximum Gasteiger partial charge on any atom is 0.432 e. The van der Waals surface area contributed by atoms with Gasteiger partial charge in [-0.2, -0.15) is 8.78 Å². The first kappa shape index (κ1) is 28.4. The van der Waals surface area contributed by atoms with E-state index in [1.807, 2.05) is 20.8 Å². The van der Waals surface area contributed by atoms with Crippen molar-refractivity contribution >= 4 is 0 Å². The minimum absolute atomic E-state index is 0.101. The summed E-state index contributed by atoms with van der Waals surface area (Å²) in [4.78, 5) is 0. The van der Waals surface area contributed by atoms with E-state index in [0.717, 1.165) is 12.5 Å². The predicted octanol–water partition coefficient (Wildman–Crippen LogP) is 8.83. The van der Waals surface area contributed by atoms with Crippen LogP contribution in [0.2, 0.25) is 0 Å². The van der Waals surface area contributed by atoms with Gasteiger partial charge in [0, 0.05) is 24.3 Å². The van der Waals surface area contributed by atoms with E-state index in [2.05, 4.69) is 4.74 Å². The molecule has 10 heteroatoms. The Bertz CT molecular complexity index is 1210. The van der Waals surface area contributed by atoms with Gasteiger partial charge in [0.2, 0.25) is 0 Å². The molecule has 0 aliphatic carbocycles. The summed E-state index contributed by atoms with van der Waals surface area (Å²) in [5.41, 5.74) is -1.93. The third kappa shape index (κ3) is 6.23. The van der Waals surface area contributed by atoms with Gasteiger partial charge in [-0.25, -0.2) is 26.3 Å². The summed E-state index contributed by atoms with van der Waals surface area (Å²) in [6.45, 7) is 6.54. The lowest BCUT2D eigenvalue weighted by Gasteiger charge is -2.27. The molecule has 4 rings (SSSR count). The Morgan fingerprint density at radius 2 is 1.38 bits per heavy atom. The van der Waals surface area contributed by atoms with Crippen molar-refractivity contribution in [3.05, 3.63) is 88.5 Å². The molecule has 3 aromatic carbocycles. The highest BCUT2D eigenvalue weighted by Gasteiger charge is 2.41. The Kier molecular flexibility index (Phi) is 8.84. The fourth-order valence-corrected chi connectivity index (χ4v) is 3.91. The van der Waals surface area contributed by atoms with Crippen LogP contribution in [0.15, 0.2) is 42.5 Å². The second-order valence-corrected chi connectivity index (χ2v) is 8.38. The van der Waals surface area contributed by atoms with E-state index in [9.17, 15) is 35.1 Å². The van der Waals surface area contributed by atoms with E-state index in [0.29, 0.717) is 36.6 Å². The molecule has 2 unspecified atom stereocenters. The highest BCUT2D eigenvalue weighted by atomic mass is 19.3. The average molecular weight is 532 g/mol. The first-order valence-electron chi connectivity index (χ1n) is 11.6. The van der Waals surface area contributed by atoms with Crippen LogP contribution < -0.4 is 4.74 Å². The van der Waals surface area contributed by atoms with Gasteiger partial charge >= 0.3 is 6.11 Å². The van der Waals surface area contributed by atoms with Gasteiger partial charge in [-0.05, 0) is 48.1 Å². The SMILES string of the molecule is CC.CC1CCC(c2ccc(-c3cc(F)c(C(F)(F)Oc4cc(F)c(F)c(F)c4)c(F)c3)c(F)c2)OC1. The molecule has 3 aromatic rings. The summed E-state index contributed by atoms with van der Waals surface area (Å²) in [6, 6.07) is 5.12. The number of halogens is 8. The lowest BCUT2D eigenvalue weighted by molar-refractivity contribution is -0.189. The van der Waals surface area contributed by atoms with Gasteiger partial charge in [0.25, 0.3) is 0 Å². The lowest BCUT2D eigenvalue weighted by Crippen LogP contribution is -2.25. The minimum Gasteiger partial charge on any atom is -0.429 e. The molecule has 0 radical (unpaired) electrons. The second kappa shape index (κ2) is 11.5. The quantitative estimate of drug-likeness (QED) is 0.242. The van der Waals surface area contributed by atoms with Crippen LogP contribution in [-0.4, -0.2) is 6.61 Å². The Labute approximate surface area is 208 Å². The van der Waals surface area contributed by atoms with Crippen molar-refractivity contribution in [2.24, 2.45) is 5.92 Å². The predicted molar refractivity (Wildman–Crippen MR) is 121 cm³/mol. The molecular weight excluding hydrogens is 508 g/mol. The molecule has 37 heavy (non-hydrogen) atoms. The number of benzene rings is 3. The average Bonchev–Trinajstić information content (AvgIpc) is 2.83. The van der Waals surface area contributed by atoms with Crippen LogP contribution in [-0.2, 0) is 10.8 Å². The molecular formula is C27H24F8O2. The third-order valence-corrected chi connectivity index (χ3v) is 5.72. The number of hydrogen-bond acceptors (Lipinski definition) is 2. The van der Waals surface area contributed by atoms with E-state index in [-0.39, 0.29) is 29.4 Å². The molecule has 0 saturated carbocycles. The van der Waals surface area contributed by atoms with Gasteiger partial charge in [-0.1, -0.05) is 32.9 Å². The van der Waals surface area contributed by atoms with Crippen LogP contribution in [0.4, 0.5) is 35.1 Å². The maximum atomic E-state index is 14.8. The lowest BCUT2D eigenvalue weighted by atomic mass is 9.94. The van der Waals surface area contributed by atoms with Gasteiger partial charge in [-0.15, -0.1) is 0 Å². The van der Waals surface area contributed by atoms with Crippen molar-refractivity contribution in [1.82, 2.24) is 0 Å². The monoisotopic (exact) mass is 532 g/mol. The molecule has 0 spiro atoms. The van der Waals surface area contributed by atoms with Crippen molar-refractivity contribution in [2.45, 2.75) is 45.8 Å². The number of rotatable bonds is 5. The van der Waals surface area contributed by atoms with Crippen molar-refractivity contribution in [3.8, 4) is 16.9 Å². The van der Waals surface area contributed by atoms with Gasteiger partial charge in [0.1, 0.15) is 28.8 Å². The van der Waals surface area contributed by atoms with Crippen LogP contribution in [0, 0.1) is 40.8 Å². The standard InChI is InChI=1S/C25H18F8O2.C2H6/c1-12-2-5-22(34-11-12)13-3-4-16(17(26)6-13)14-7-18(27)23(19(28)8-14)25(32,33)35-15-9-20(29)24(31)21(30)10-15;1-2/h3-4,6-10,12,22H,2,5,11H2,1H3;1-2H3. The van der Waals surface area contributed by atoms with Gasteiger partial charge in [0.05, 0.1) is 6.10 Å². The number of ether oxygens (including phenoxy) is 2. The normalized spacial score (nSPS) is 17.7. The highest BCUT2D eigenvalue weighted by Crippen LogP contribution is 2.39. The fourth-order valence-electron chi connectivity index (χ4n) is 3.91. The third-order valence-electron chi connectivity index (χ3n) is 5.72. The Morgan fingerprint density at radius 3 is 1.89 bits per heavy atom. The van der Waals surface area contributed by atoms with Crippen LogP contribution in [0.5, 0.6) is 5.75 Å². The molecule has 1 aliphatic rings. The van der Waals surface area contributed by atoms with Crippen molar-refractivity contribution < 1.29 is 44.6 Å². The van der Waals surface area contributed by atoms with E-state index >= 15 is 0 Å². The molecule has 0 aromatic heterocycles. The number of hydrogen-bond donors (Lipinski definition) is 0. The molecule has 1 fully saturated rings. The van der Waals surface area contributed by atoms with Crippen LogP contribution >= 0.6 is 0 Å². The molecule has 1 heterocycles. The Balaban J connectivity index is 0.00000186. The van der Waals surface area contributed by atoms with Gasteiger partial charge in [0.15, 0.2) is 17.5 Å². The molecule has 2 nitrogen and oxygen atoms in total. The number of alkyl halides is 2. The molecule has 1 aliphatic heterocycles. The van der Waals surface area contributed by atoms with Crippen molar-refractivity contribution in [1.29, 1.82) is 0 Å². The highest BCUT2D eigenvalue weighted by molar-refractivity contribution is 5.65. The van der Waals surface area contributed by atoms with Gasteiger partial charge in [-0.3, -0.25) is 0 Å². The van der Waals surface area contributed by atoms with E-state index in [4.69, 9.17) is 4.74 Å². The summed E-state index contributed by atoms with van der Waals surface area (Å²) in [5.74, 6) is -10.8. The fraction of sp³-hybridized carbons (Fsp3) is 0.333. The smallest absolute Gasteiger partial charge is 0.429 e.